The average Bonchev–Trinajstić information content (AvgIpc) is 2.28. The van der Waals surface area contributed by atoms with Gasteiger partial charge in [-0.1, -0.05) is 29.8 Å². The van der Waals surface area contributed by atoms with Crippen LogP contribution in [0.5, 0.6) is 0 Å². The van der Waals surface area contributed by atoms with Gasteiger partial charge in [-0.05, 0) is 18.6 Å². The van der Waals surface area contributed by atoms with Gasteiger partial charge in [-0.25, -0.2) is 0 Å². The molecule has 1 aromatic heterocycles. The molecule has 0 aliphatic carbocycles. The van der Waals surface area contributed by atoms with E-state index in [1.807, 2.05) is 37.3 Å². The van der Waals surface area contributed by atoms with Crippen molar-refractivity contribution in [2.24, 2.45) is 0 Å². The van der Waals surface area contributed by atoms with Crippen LogP contribution in [0.2, 0.25) is 0 Å². The fourth-order valence-corrected chi connectivity index (χ4v) is 1.73. The zero-order valence-corrected chi connectivity index (χ0v) is 9.32. The molecule has 0 unspecified atom stereocenters. The van der Waals surface area contributed by atoms with Gasteiger partial charge in [-0.2, -0.15) is 5.26 Å². The van der Waals surface area contributed by atoms with Gasteiger partial charge in [0.25, 0.3) is 5.56 Å². The van der Waals surface area contributed by atoms with E-state index < -0.39 is 5.56 Å². The van der Waals surface area contributed by atoms with E-state index in [1.54, 1.807) is 6.07 Å². The van der Waals surface area contributed by atoms with Gasteiger partial charge in [0.15, 0.2) is 0 Å². The molecule has 0 bridgehead atoms. The first-order valence-electron chi connectivity index (χ1n) is 5.12. The van der Waals surface area contributed by atoms with Crippen LogP contribution in [-0.2, 0) is 0 Å². The summed E-state index contributed by atoms with van der Waals surface area (Å²) in [7, 11) is 0. The van der Waals surface area contributed by atoms with Crippen LogP contribution in [0.15, 0.2) is 35.1 Å². The predicted molar refractivity (Wildman–Crippen MR) is 66.4 cm³/mol. The summed E-state index contributed by atoms with van der Waals surface area (Å²) >= 11 is 0. The maximum atomic E-state index is 11.6. The monoisotopic (exact) mass is 225 g/mol. The third kappa shape index (κ3) is 2.04. The van der Waals surface area contributed by atoms with E-state index in [4.69, 9.17) is 11.0 Å². The quantitative estimate of drug-likeness (QED) is 0.776. The maximum Gasteiger partial charge on any atom is 0.268 e. The smallest absolute Gasteiger partial charge is 0.268 e. The molecule has 4 heteroatoms. The van der Waals surface area contributed by atoms with Gasteiger partial charge in [0, 0.05) is 5.56 Å². The van der Waals surface area contributed by atoms with Crippen molar-refractivity contribution in [3.8, 4) is 17.2 Å². The van der Waals surface area contributed by atoms with Crippen molar-refractivity contribution in [3.63, 3.8) is 0 Å². The Morgan fingerprint density at radius 2 is 2.12 bits per heavy atom. The van der Waals surface area contributed by atoms with Crippen molar-refractivity contribution >= 4 is 5.82 Å². The van der Waals surface area contributed by atoms with Crippen LogP contribution in [0.4, 0.5) is 5.82 Å². The van der Waals surface area contributed by atoms with Crippen LogP contribution >= 0.6 is 0 Å². The zero-order valence-electron chi connectivity index (χ0n) is 9.32. The lowest BCUT2D eigenvalue weighted by Gasteiger charge is -2.05. The Morgan fingerprint density at radius 3 is 2.76 bits per heavy atom. The Hall–Kier alpha value is -2.54. The van der Waals surface area contributed by atoms with E-state index in [2.05, 4.69) is 4.98 Å². The molecular formula is C13H11N3O. The molecule has 0 radical (unpaired) electrons. The number of nitriles is 1. The third-order valence-electron chi connectivity index (χ3n) is 2.49. The minimum absolute atomic E-state index is 0.0878. The number of nitrogens with zero attached hydrogens (tertiary/aromatic N) is 1. The largest absolute Gasteiger partial charge is 0.385 e. The fourth-order valence-electron chi connectivity index (χ4n) is 1.73. The molecule has 84 valence electrons. The molecule has 1 aromatic carbocycles. The van der Waals surface area contributed by atoms with Gasteiger partial charge < -0.3 is 10.7 Å². The minimum atomic E-state index is -0.455. The number of H-pyrrole nitrogens is 1. The average molecular weight is 225 g/mol. The Labute approximate surface area is 98.3 Å². The second kappa shape index (κ2) is 4.14. The van der Waals surface area contributed by atoms with Crippen LogP contribution in [0, 0.1) is 18.3 Å². The minimum Gasteiger partial charge on any atom is -0.385 e. The standard InChI is InChI=1S/C13H11N3O/c1-8-3-2-4-9(5-8)10-6-12(15)16-13(17)11(10)7-14/h2-6H,1H3,(H3,15,16,17). The fraction of sp³-hybridized carbons (Fsp3) is 0.0769. The molecule has 0 fully saturated rings. The number of benzene rings is 1. The molecule has 3 N–H and O–H groups in total. The lowest BCUT2D eigenvalue weighted by molar-refractivity contribution is 1.22. The lowest BCUT2D eigenvalue weighted by atomic mass is 10.0. The Kier molecular flexibility index (Phi) is 2.67. The van der Waals surface area contributed by atoms with Gasteiger partial charge in [0.2, 0.25) is 0 Å². The number of rotatable bonds is 1. The zero-order chi connectivity index (χ0) is 12.4. The van der Waals surface area contributed by atoms with Crippen LogP contribution < -0.4 is 11.3 Å². The summed E-state index contributed by atoms with van der Waals surface area (Å²) < 4.78 is 0. The molecule has 2 aromatic rings. The van der Waals surface area contributed by atoms with Crippen molar-refractivity contribution in [3.05, 3.63) is 51.8 Å². The van der Waals surface area contributed by atoms with Crippen molar-refractivity contribution in [1.29, 1.82) is 5.26 Å². The number of aryl methyl sites for hydroxylation is 1. The highest BCUT2D eigenvalue weighted by molar-refractivity contribution is 5.72. The molecule has 0 amide bonds. The maximum absolute atomic E-state index is 11.6. The first kappa shape index (κ1) is 11.0. The second-order valence-corrected chi connectivity index (χ2v) is 3.82. The molecule has 0 spiro atoms. The Balaban J connectivity index is 2.76. The molecule has 0 aliphatic heterocycles. The third-order valence-corrected chi connectivity index (χ3v) is 2.49. The van der Waals surface area contributed by atoms with Gasteiger partial charge in [-0.3, -0.25) is 4.79 Å². The Morgan fingerprint density at radius 1 is 1.35 bits per heavy atom. The van der Waals surface area contributed by atoms with Gasteiger partial charge in [-0.15, -0.1) is 0 Å². The van der Waals surface area contributed by atoms with E-state index in [-0.39, 0.29) is 11.4 Å². The summed E-state index contributed by atoms with van der Waals surface area (Å²) in [5.41, 5.74) is 7.67. The van der Waals surface area contributed by atoms with Gasteiger partial charge in [0.1, 0.15) is 17.5 Å². The number of aromatic nitrogens is 1. The van der Waals surface area contributed by atoms with Crippen molar-refractivity contribution in [2.75, 3.05) is 5.73 Å². The number of pyridine rings is 1. The lowest BCUT2D eigenvalue weighted by Crippen LogP contribution is -2.13. The molecule has 0 atom stereocenters. The molecule has 0 aliphatic rings. The molecule has 2 rings (SSSR count). The number of anilines is 1. The van der Waals surface area contributed by atoms with Gasteiger partial charge >= 0.3 is 0 Å². The normalized spacial score (nSPS) is 9.88. The molecule has 0 saturated carbocycles. The van der Waals surface area contributed by atoms with Crippen LogP contribution in [0.1, 0.15) is 11.1 Å². The summed E-state index contributed by atoms with van der Waals surface area (Å²) in [6, 6.07) is 11.1. The van der Waals surface area contributed by atoms with E-state index in [0.717, 1.165) is 11.1 Å². The SMILES string of the molecule is Cc1cccc(-c2cc(N)[nH]c(=O)c2C#N)c1. The highest BCUT2D eigenvalue weighted by Gasteiger charge is 2.10. The van der Waals surface area contributed by atoms with E-state index in [9.17, 15) is 4.79 Å². The summed E-state index contributed by atoms with van der Waals surface area (Å²) in [4.78, 5) is 14.0. The molecule has 1 heterocycles. The molecule has 0 saturated heterocycles. The van der Waals surface area contributed by atoms with Crippen LogP contribution in [-0.4, -0.2) is 4.98 Å². The molecular weight excluding hydrogens is 214 g/mol. The topological polar surface area (TPSA) is 82.7 Å². The number of nitrogens with one attached hydrogen (secondary N) is 1. The van der Waals surface area contributed by atoms with Gasteiger partial charge in [0.05, 0.1) is 0 Å². The molecule has 4 nitrogen and oxygen atoms in total. The number of nitrogens with two attached hydrogens (primary N) is 1. The Bertz CT molecular complexity index is 665. The first-order valence-corrected chi connectivity index (χ1v) is 5.12. The van der Waals surface area contributed by atoms with Crippen molar-refractivity contribution < 1.29 is 0 Å². The van der Waals surface area contributed by atoms with Crippen molar-refractivity contribution in [1.82, 2.24) is 4.98 Å². The highest BCUT2D eigenvalue weighted by Crippen LogP contribution is 2.23. The first-order chi connectivity index (χ1) is 8.11. The summed E-state index contributed by atoms with van der Waals surface area (Å²) in [5.74, 6) is 0.255. The predicted octanol–water partition coefficient (Wildman–Crippen LogP) is 1.80. The summed E-state index contributed by atoms with van der Waals surface area (Å²) in [6.07, 6.45) is 0. The highest BCUT2D eigenvalue weighted by atomic mass is 16.1. The summed E-state index contributed by atoms with van der Waals surface area (Å²) in [5, 5.41) is 9.01. The number of hydrogen-bond donors (Lipinski definition) is 2. The van der Waals surface area contributed by atoms with E-state index in [0.29, 0.717) is 5.56 Å². The van der Waals surface area contributed by atoms with Crippen LogP contribution in [0.3, 0.4) is 0 Å². The number of aromatic amines is 1. The summed E-state index contributed by atoms with van der Waals surface area (Å²) in [6.45, 7) is 1.95. The van der Waals surface area contributed by atoms with Crippen LogP contribution in [0.25, 0.3) is 11.1 Å². The van der Waals surface area contributed by atoms with Crippen molar-refractivity contribution in [2.45, 2.75) is 6.92 Å². The molecule has 17 heavy (non-hydrogen) atoms. The number of nitrogen functional groups attached to an aromatic ring is 1. The second-order valence-electron chi connectivity index (χ2n) is 3.82. The van der Waals surface area contributed by atoms with E-state index >= 15 is 0 Å². The van der Waals surface area contributed by atoms with E-state index in [1.165, 1.54) is 0 Å². The number of hydrogen-bond acceptors (Lipinski definition) is 3.